The molecule has 14 heavy (non-hydrogen) atoms. The molecular formula is C9H8FeO4. The molecule has 76 valence electrons. The van der Waals surface area contributed by atoms with Gasteiger partial charge in [0.1, 0.15) is 6.29 Å². The third-order valence-corrected chi connectivity index (χ3v) is 0.493. The van der Waals surface area contributed by atoms with E-state index in [-0.39, 0.29) is 17.1 Å². The minimum absolute atomic E-state index is 0. The standard InChI is InChI=1S/C6H8O.3CO.Fe/c1-2-3-4-5-6-7;3*1-2;/h2-6H,1H3;;;;. The molecule has 0 spiro atoms. The summed E-state index contributed by atoms with van der Waals surface area (Å²) in [5.41, 5.74) is 0. The summed E-state index contributed by atoms with van der Waals surface area (Å²) in [6.07, 6.45) is 7.54. The zero-order valence-corrected chi connectivity index (χ0v) is 8.48. The molecule has 0 atom stereocenters. The maximum absolute atomic E-state index is 9.56. The minimum Gasteiger partial charge on any atom is 0 e. The zero-order valence-electron chi connectivity index (χ0n) is 7.37. The van der Waals surface area contributed by atoms with Crippen molar-refractivity contribution >= 4 is 6.29 Å². The molecule has 0 heterocycles. The van der Waals surface area contributed by atoms with E-state index in [0.29, 0.717) is 0 Å². The van der Waals surface area contributed by atoms with Gasteiger partial charge in [0.05, 0.1) is 0 Å². The molecule has 0 fully saturated rings. The molecule has 0 unspecified atom stereocenters. The van der Waals surface area contributed by atoms with Crippen molar-refractivity contribution in [2.45, 2.75) is 6.92 Å². The molecular weight excluding hydrogens is 228 g/mol. The van der Waals surface area contributed by atoms with Gasteiger partial charge in [-0.05, 0) is 13.0 Å². The van der Waals surface area contributed by atoms with E-state index in [1.807, 2.05) is 13.0 Å². The van der Waals surface area contributed by atoms with Gasteiger partial charge < -0.3 is 0 Å². The molecule has 4 nitrogen and oxygen atoms in total. The Morgan fingerprint density at radius 1 is 0.857 bits per heavy atom. The molecule has 0 N–H and O–H groups in total. The summed E-state index contributed by atoms with van der Waals surface area (Å²) < 4.78 is 22.5. The first kappa shape index (κ1) is 29.3. The van der Waals surface area contributed by atoms with Crippen molar-refractivity contribution in [3.05, 3.63) is 44.3 Å². The van der Waals surface area contributed by atoms with Gasteiger partial charge in [0, 0.05) is 17.1 Å². The van der Waals surface area contributed by atoms with Crippen molar-refractivity contribution in [3.8, 4) is 0 Å². The fourth-order valence-electron chi connectivity index (χ4n) is 0.221. The fraction of sp³-hybridized carbons (Fsp3) is 0.111. The van der Waals surface area contributed by atoms with Gasteiger partial charge in [-0.1, -0.05) is 18.2 Å². The van der Waals surface area contributed by atoms with Gasteiger partial charge >= 0.3 is 33.9 Å². The van der Waals surface area contributed by atoms with E-state index in [0.717, 1.165) is 6.29 Å². The first-order valence-electron chi connectivity index (χ1n) is 2.76. The van der Waals surface area contributed by atoms with Crippen LogP contribution < -0.4 is 0 Å². The molecule has 0 aliphatic rings. The predicted molar refractivity (Wildman–Crippen MR) is 41.8 cm³/mol. The molecule has 0 radical (unpaired) electrons. The van der Waals surface area contributed by atoms with Crippen molar-refractivity contribution in [2.75, 3.05) is 0 Å². The Hall–Kier alpha value is -1.11. The van der Waals surface area contributed by atoms with E-state index >= 15 is 0 Å². The Kier molecular flexibility index (Phi) is 195. The number of aldehydes is 1. The number of carbonyl (C=O) groups excluding carboxylic acids is 1. The summed E-state index contributed by atoms with van der Waals surface area (Å²) in [6, 6.07) is 0. The minimum atomic E-state index is 0. The average Bonchev–Trinajstić information content (AvgIpc) is 2.27. The van der Waals surface area contributed by atoms with Crippen LogP contribution in [0, 0.1) is 20.0 Å². The van der Waals surface area contributed by atoms with Crippen LogP contribution in [0.15, 0.2) is 24.3 Å². The summed E-state index contributed by atoms with van der Waals surface area (Å²) in [4.78, 5) is 9.56. The van der Waals surface area contributed by atoms with E-state index in [1.54, 1.807) is 12.2 Å². The topological polar surface area (TPSA) is 76.8 Å². The predicted octanol–water partition coefficient (Wildman–Crippen LogP) is 1.20. The number of allylic oxidation sites excluding steroid dienone is 4. The fourth-order valence-corrected chi connectivity index (χ4v) is 0.221. The number of carbonyl (C=O) groups is 1. The maximum Gasteiger partial charge on any atom is 0 e. The second kappa shape index (κ2) is 93.2. The molecule has 0 aliphatic carbocycles. The van der Waals surface area contributed by atoms with Crippen molar-refractivity contribution < 1.29 is 35.8 Å². The van der Waals surface area contributed by atoms with Crippen LogP contribution in [0.25, 0.3) is 0 Å². The molecule has 5 heteroatoms. The second-order valence-electron chi connectivity index (χ2n) is 1.05. The SMILES string of the molecule is CC=CC=CC=O.[C-]#[O+].[C-]#[O+].[C-]#[O+].[Fe]. The molecule has 0 aromatic rings. The molecule has 0 aliphatic heterocycles. The Morgan fingerprint density at radius 3 is 1.43 bits per heavy atom. The summed E-state index contributed by atoms with van der Waals surface area (Å²) in [6.45, 7) is 15.4. The van der Waals surface area contributed by atoms with Gasteiger partial charge in [-0.15, -0.1) is 0 Å². The van der Waals surface area contributed by atoms with Gasteiger partial charge in [-0.3, -0.25) is 4.79 Å². The van der Waals surface area contributed by atoms with Crippen LogP contribution in [-0.2, 0) is 35.8 Å². The summed E-state index contributed by atoms with van der Waals surface area (Å²) in [5, 5.41) is 0. The normalized spacial score (nSPS) is 5.93. The van der Waals surface area contributed by atoms with Crippen LogP contribution in [-0.4, -0.2) is 6.29 Å². The molecule has 0 aromatic heterocycles. The number of hydrogen-bond acceptors (Lipinski definition) is 1. The summed E-state index contributed by atoms with van der Waals surface area (Å²) in [7, 11) is 0. The van der Waals surface area contributed by atoms with Crippen LogP contribution in [0.1, 0.15) is 6.92 Å². The van der Waals surface area contributed by atoms with Gasteiger partial charge in [-0.25, -0.2) is 0 Å². The van der Waals surface area contributed by atoms with Gasteiger partial charge in [0.25, 0.3) is 0 Å². The molecule has 0 saturated heterocycles. The van der Waals surface area contributed by atoms with Crippen molar-refractivity contribution in [3.63, 3.8) is 0 Å². The monoisotopic (exact) mass is 236 g/mol. The third-order valence-electron chi connectivity index (χ3n) is 0.493. The second-order valence-corrected chi connectivity index (χ2v) is 1.05. The number of hydrogen-bond donors (Lipinski definition) is 0. The Balaban J connectivity index is -0.0000000332. The smallest absolute Gasteiger partial charge is 0 e. The summed E-state index contributed by atoms with van der Waals surface area (Å²) >= 11 is 0. The third kappa shape index (κ3) is 128. The Labute approximate surface area is 93.7 Å². The van der Waals surface area contributed by atoms with E-state index in [1.165, 1.54) is 6.08 Å². The van der Waals surface area contributed by atoms with Crippen LogP contribution in [0.5, 0.6) is 0 Å². The first-order chi connectivity index (χ1) is 6.41. The Bertz CT molecular complexity index is 174. The van der Waals surface area contributed by atoms with Gasteiger partial charge in [0.2, 0.25) is 0 Å². The first-order valence-corrected chi connectivity index (χ1v) is 2.76. The molecule has 0 amide bonds. The maximum atomic E-state index is 9.56. The molecule has 0 saturated carbocycles. The van der Waals surface area contributed by atoms with Crippen molar-refractivity contribution in [1.82, 2.24) is 0 Å². The molecule has 0 bridgehead atoms. The van der Waals surface area contributed by atoms with Gasteiger partial charge in [0.15, 0.2) is 0 Å². The molecule has 0 aromatic carbocycles. The van der Waals surface area contributed by atoms with E-state index in [9.17, 15) is 4.79 Å². The molecule has 0 rings (SSSR count). The van der Waals surface area contributed by atoms with Crippen LogP contribution in [0.3, 0.4) is 0 Å². The van der Waals surface area contributed by atoms with Gasteiger partial charge in [-0.2, -0.15) is 0 Å². The van der Waals surface area contributed by atoms with E-state index in [2.05, 4.69) is 20.0 Å². The quantitative estimate of drug-likeness (QED) is 0.177. The van der Waals surface area contributed by atoms with Crippen molar-refractivity contribution in [2.24, 2.45) is 0 Å². The zero-order chi connectivity index (χ0) is 11.5. The van der Waals surface area contributed by atoms with E-state index < -0.39 is 0 Å². The number of rotatable bonds is 2. The van der Waals surface area contributed by atoms with E-state index in [4.69, 9.17) is 14.0 Å². The van der Waals surface area contributed by atoms with Crippen LogP contribution >= 0.6 is 0 Å². The largest absolute Gasteiger partial charge is 0 e. The van der Waals surface area contributed by atoms with Crippen LogP contribution in [0.4, 0.5) is 0 Å². The average molecular weight is 236 g/mol. The summed E-state index contributed by atoms with van der Waals surface area (Å²) in [5.74, 6) is 0. The van der Waals surface area contributed by atoms with Crippen LogP contribution in [0.2, 0.25) is 0 Å². The van der Waals surface area contributed by atoms with Crippen molar-refractivity contribution in [1.29, 1.82) is 0 Å². The Morgan fingerprint density at radius 2 is 1.21 bits per heavy atom.